The summed E-state index contributed by atoms with van der Waals surface area (Å²) >= 11 is 0. The average Bonchev–Trinajstić information content (AvgIpc) is 2.43. The van der Waals surface area contributed by atoms with Gasteiger partial charge in [-0.25, -0.2) is 4.98 Å². The van der Waals surface area contributed by atoms with Gasteiger partial charge in [0, 0.05) is 24.3 Å². The van der Waals surface area contributed by atoms with Crippen LogP contribution in [0, 0.1) is 6.92 Å². The Morgan fingerprint density at radius 2 is 2.10 bits per heavy atom. The first-order valence-electron chi connectivity index (χ1n) is 6.89. The monoisotopic (exact) mass is 294 g/mol. The highest BCUT2D eigenvalue weighted by atomic mass is 16.5. The van der Waals surface area contributed by atoms with Gasteiger partial charge < -0.3 is 21.1 Å². The van der Waals surface area contributed by atoms with Crippen molar-refractivity contribution in [2.45, 2.75) is 20.3 Å². The molecule has 0 atom stereocenters. The van der Waals surface area contributed by atoms with Gasteiger partial charge in [-0.2, -0.15) is 0 Å². The summed E-state index contributed by atoms with van der Waals surface area (Å²) < 4.78 is 4.97. The Kier molecular flexibility index (Phi) is 7.17. The number of nitrogens with zero attached hydrogens (tertiary/aromatic N) is 1. The van der Waals surface area contributed by atoms with Gasteiger partial charge in [0.1, 0.15) is 12.4 Å². The normalized spacial score (nSPS) is 10.2. The minimum absolute atomic E-state index is 0.144. The lowest BCUT2D eigenvalue weighted by Crippen LogP contribution is -2.29. The van der Waals surface area contributed by atoms with Crippen LogP contribution in [-0.2, 0) is 9.53 Å². The molecule has 0 bridgehead atoms. The molecule has 1 aromatic rings. The number of aryl methyl sites for hydroxylation is 1. The second kappa shape index (κ2) is 8.91. The maximum atomic E-state index is 12.0. The Labute approximate surface area is 124 Å². The molecule has 0 saturated heterocycles. The van der Waals surface area contributed by atoms with Crippen molar-refractivity contribution in [3.8, 4) is 0 Å². The number of ether oxygens (including phenoxy) is 1. The Hall–Kier alpha value is -2.15. The van der Waals surface area contributed by atoms with E-state index in [9.17, 15) is 9.59 Å². The number of hydrogen-bond donors (Lipinski definition) is 3. The summed E-state index contributed by atoms with van der Waals surface area (Å²) in [4.78, 5) is 26.8. The number of hydrogen-bond acceptors (Lipinski definition) is 5. The van der Waals surface area contributed by atoms with E-state index in [1.165, 1.54) is 0 Å². The summed E-state index contributed by atoms with van der Waals surface area (Å²) in [6.45, 7) is 5.10. The minimum atomic E-state index is -0.530. The van der Waals surface area contributed by atoms with Crippen molar-refractivity contribution in [2.75, 3.05) is 31.6 Å². The fourth-order valence-corrected chi connectivity index (χ4v) is 1.65. The zero-order valence-corrected chi connectivity index (χ0v) is 12.4. The van der Waals surface area contributed by atoms with Crippen molar-refractivity contribution < 1.29 is 14.3 Å². The molecule has 7 heteroatoms. The SMILES string of the molecule is CCCNc1cc(C(=O)NCCOCC(N)=O)cc(C)n1. The van der Waals surface area contributed by atoms with Gasteiger partial charge in [0.05, 0.1) is 6.61 Å². The van der Waals surface area contributed by atoms with Crippen LogP contribution in [0.3, 0.4) is 0 Å². The maximum absolute atomic E-state index is 12.0. The summed E-state index contributed by atoms with van der Waals surface area (Å²) in [7, 11) is 0. The molecule has 1 heterocycles. The highest BCUT2D eigenvalue weighted by Gasteiger charge is 2.08. The Morgan fingerprint density at radius 3 is 2.76 bits per heavy atom. The smallest absolute Gasteiger partial charge is 0.251 e. The predicted octanol–water partition coefficient (Wildman–Crippen LogP) is 0.444. The van der Waals surface area contributed by atoms with Crippen LogP contribution in [0.1, 0.15) is 29.4 Å². The quantitative estimate of drug-likeness (QED) is 0.573. The van der Waals surface area contributed by atoms with Crippen molar-refractivity contribution >= 4 is 17.6 Å². The van der Waals surface area contributed by atoms with Crippen LogP contribution in [0.4, 0.5) is 5.82 Å². The minimum Gasteiger partial charge on any atom is -0.370 e. The fourth-order valence-electron chi connectivity index (χ4n) is 1.65. The molecule has 4 N–H and O–H groups in total. The number of pyridine rings is 1. The molecule has 0 spiro atoms. The van der Waals surface area contributed by atoms with E-state index >= 15 is 0 Å². The molecule has 0 aliphatic carbocycles. The molecule has 0 saturated carbocycles. The van der Waals surface area contributed by atoms with E-state index in [2.05, 4.69) is 22.5 Å². The largest absolute Gasteiger partial charge is 0.370 e. The van der Waals surface area contributed by atoms with Crippen LogP contribution < -0.4 is 16.4 Å². The molecule has 0 unspecified atom stereocenters. The molecular weight excluding hydrogens is 272 g/mol. The van der Waals surface area contributed by atoms with E-state index in [1.807, 2.05) is 6.92 Å². The van der Waals surface area contributed by atoms with Crippen LogP contribution in [0.15, 0.2) is 12.1 Å². The molecule has 0 aliphatic rings. The summed E-state index contributed by atoms with van der Waals surface area (Å²) in [5.41, 5.74) is 6.24. The van der Waals surface area contributed by atoms with Gasteiger partial charge in [-0.15, -0.1) is 0 Å². The third-order valence-corrected chi connectivity index (χ3v) is 2.55. The molecule has 0 aromatic carbocycles. The van der Waals surface area contributed by atoms with Crippen LogP contribution >= 0.6 is 0 Å². The lowest BCUT2D eigenvalue weighted by Gasteiger charge is -2.09. The molecule has 7 nitrogen and oxygen atoms in total. The van der Waals surface area contributed by atoms with Crippen molar-refractivity contribution in [3.05, 3.63) is 23.4 Å². The number of primary amides is 1. The van der Waals surface area contributed by atoms with Crippen molar-refractivity contribution in [1.29, 1.82) is 0 Å². The lowest BCUT2D eigenvalue weighted by atomic mass is 10.2. The summed E-state index contributed by atoms with van der Waals surface area (Å²) in [5.74, 6) is -0.0487. The number of carbonyl (C=O) groups is 2. The molecule has 0 radical (unpaired) electrons. The third-order valence-electron chi connectivity index (χ3n) is 2.55. The second-order valence-electron chi connectivity index (χ2n) is 4.58. The highest BCUT2D eigenvalue weighted by Crippen LogP contribution is 2.10. The molecule has 0 fully saturated rings. The number of amides is 2. The van der Waals surface area contributed by atoms with Crippen LogP contribution in [0.5, 0.6) is 0 Å². The summed E-state index contributed by atoms with van der Waals surface area (Å²) in [6.07, 6.45) is 0.981. The van der Waals surface area contributed by atoms with Crippen LogP contribution in [0.25, 0.3) is 0 Å². The molecule has 116 valence electrons. The van der Waals surface area contributed by atoms with E-state index in [-0.39, 0.29) is 19.1 Å². The molecule has 21 heavy (non-hydrogen) atoms. The van der Waals surface area contributed by atoms with E-state index in [0.29, 0.717) is 17.9 Å². The fraction of sp³-hybridized carbons (Fsp3) is 0.500. The summed E-state index contributed by atoms with van der Waals surface area (Å²) in [6, 6.07) is 3.43. The first kappa shape index (κ1) is 16.9. The maximum Gasteiger partial charge on any atom is 0.251 e. The van der Waals surface area contributed by atoms with E-state index < -0.39 is 5.91 Å². The van der Waals surface area contributed by atoms with Gasteiger partial charge in [-0.05, 0) is 25.5 Å². The predicted molar refractivity (Wildman–Crippen MR) is 80.1 cm³/mol. The Morgan fingerprint density at radius 1 is 1.33 bits per heavy atom. The lowest BCUT2D eigenvalue weighted by molar-refractivity contribution is -0.122. The second-order valence-corrected chi connectivity index (χ2v) is 4.58. The zero-order valence-electron chi connectivity index (χ0n) is 12.4. The number of rotatable bonds is 9. The molecule has 1 aromatic heterocycles. The van der Waals surface area contributed by atoms with E-state index in [1.54, 1.807) is 12.1 Å². The third kappa shape index (κ3) is 6.71. The van der Waals surface area contributed by atoms with Gasteiger partial charge in [0.15, 0.2) is 0 Å². The average molecular weight is 294 g/mol. The number of nitrogens with one attached hydrogen (secondary N) is 2. The van der Waals surface area contributed by atoms with Gasteiger partial charge in [-0.3, -0.25) is 9.59 Å². The zero-order chi connectivity index (χ0) is 15.7. The van der Waals surface area contributed by atoms with Gasteiger partial charge >= 0.3 is 0 Å². The molecule has 0 aliphatic heterocycles. The summed E-state index contributed by atoms with van der Waals surface area (Å²) in [5, 5.41) is 5.86. The highest BCUT2D eigenvalue weighted by molar-refractivity contribution is 5.95. The molecule has 1 rings (SSSR count). The van der Waals surface area contributed by atoms with Crippen molar-refractivity contribution in [1.82, 2.24) is 10.3 Å². The van der Waals surface area contributed by atoms with Gasteiger partial charge in [-0.1, -0.05) is 6.92 Å². The van der Waals surface area contributed by atoms with Crippen molar-refractivity contribution in [3.63, 3.8) is 0 Å². The number of aromatic nitrogens is 1. The van der Waals surface area contributed by atoms with Crippen LogP contribution in [0.2, 0.25) is 0 Å². The Balaban J connectivity index is 2.49. The first-order chi connectivity index (χ1) is 10.0. The standard InChI is InChI=1S/C14H22N4O3/c1-3-4-16-13-8-11(7-10(2)18-13)14(20)17-5-6-21-9-12(15)19/h7-8H,3-6,9H2,1-2H3,(H2,15,19)(H,16,18)(H,17,20). The van der Waals surface area contributed by atoms with Crippen LogP contribution in [-0.4, -0.2) is 43.1 Å². The van der Waals surface area contributed by atoms with Crippen molar-refractivity contribution in [2.24, 2.45) is 5.73 Å². The van der Waals surface area contributed by atoms with E-state index in [4.69, 9.17) is 10.5 Å². The van der Waals surface area contributed by atoms with E-state index in [0.717, 1.165) is 18.7 Å². The number of anilines is 1. The molecular formula is C14H22N4O3. The number of nitrogens with two attached hydrogens (primary N) is 1. The topological polar surface area (TPSA) is 106 Å². The molecule has 2 amide bonds. The van der Waals surface area contributed by atoms with Gasteiger partial charge in [0.25, 0.3) is 5.91 Å². The number of carbonyl (C=O) groups excluding carboxylic acids is 2. The Bertz CT molecular complexity index is 491. The first-order valence-corrected chi connectivity index (χ1v) is 6.89. The van der Waals surface area contributed by atoms with Gasteiger partial charge in [0.2, 0.25) is 5.91 Å².